The summed E-state index contributed by atoms with van der Waals surface area (Å²) in [6, 6.07) is 14.9. The molecule has 29 heavy (non-hydrogen) atoms. The highest BCUT2D eigenvalue weighted by atomic mass is 35.5. The summed E-state index contributed by atoms with van der Waals surface area (Å²) in [5.74, 6) is 1.74. The van der Waals surface area contributed by atoms with Crippen molar-refractivity contribution in [3.05, 3.63) is 59.1 Å². The number of anilines is 1. The molecule has 1 amide bonds. The highest BCUT2D eigenvalue weighted by molar-refractivity contribution is 7.98. The molecule has 1 aliphatic heterocycles. The molecule has 156 valence electrons. The first-order chi connectivity index (χ1) is 13.8. The minimum atomic E-state index is -3.52. The number of carbonyl (C=O) groups excluding carboxylic acids is 1. The lowest BCUT2D eigenvalue weighted by Crippen LogP contribution is -2.40. The molecule has 9 heteroatoms. The predicted molar refractivity (Wildman–Crippen MR) is 118 cm³/mol. The molecule has 0 saturated heterocycles. The van der Waals surface area contributed by atoms with E-state index in [0.717, 1.165) is 17.8 Å². The number of rotatable bonds is 7. The molecular formula is C20H23ClN2O4S2. The van der Waals surface area contributed by atoms with E-state index in [1.807, 2.05) is 18.2 Å². The molecule has 0 aliphatic carbocycles. The van der Waals surface area contributed by atoms with Crippen LogP contribution in [0.3, 0.4) is 0 Å². The van der Waals surface area contributed by atoms with Gasteiger partial charge in [-0.2, -0.15) is 11.8 Å². The Kier molecular flexibility index (Phi) is 7.32. The minimum Gasteiger partial charge on any atom is -0.478 e. The summed E-state index contributed by atoms with van der Waals surface area (Å²) < 4.78 is 31.4. The molecule has 6 nitrogen and oxygen atoms in total. The van der Waals surface area contributed by atoms with Gasteiger partial charge in [-0.05, 0) is 23.8 Å². The zero-order valence-electron chi connectivity index (χ0n) is 16.0. The molecule has 1 aliphatic rings. The quantitative estimate of drug-likeness (QED) is 0.649. The molecule has 0 bridgehead atoms. The van der Waals surface area contributed by atoms with Gasteiger partial charge in [-0.15, -0.1) is 0 Å². The van der Waals surface area contributed by atoms with Crippen LogP contribution in [-0.2, 0) is 20.6 Å². The fourth-order valence-corrected chi connectivity index (χ4v) is 4.93. The van der Waals surface area contributed by atoms with Gasteiger partial charge in [0.05, 0.1) is 11.9 Å². The lowest BCUT2D eigenvalue weighted by molar-refractivity contribution is -0.127. The third kappa shape index (κ3) is 6.04. The van der Waals surface area contributed by atoms with E-state index in [9.17, 15) is 13.2 Å². The first kappa shape index (κ1) is 21.8. The lowest BCUT2D eigenvalue weighted by atomic mass is 10.2. The van der Waals surface area contributed by atoms with Crippen molar-refractivity contribution in [2.24, 2.45) is 0 Å². The van der Waals surface area contributed by atoms with Crippen LogP contribution < -0.4 is 14.4 Å². The number of amides is 1. The molecule has 0 aromatic heterocycles. The highest BCUT2D eigenvalue weighted by Crippen LogP contribution is 2.36. The van der Waals surface area contributed by atoms with Gasteiger partial charge >= 0.3 is 0 Å². The monoisotopic (exact) mass is 454 g/mol. The molecule has 3 rings (SSSR count). The number of hydrogen-bond acceptors (Lipinski definition) is 5. The highest BCUT2D eigenvalue weighted by Gasteiger charge is 2.31. The van der Waals surface area contributed by atoms with E-state index in [1.54, 1.807) is 30.0 Å². The van der Waals surface area contributed by atoms with Crippen LogP contribution >= 0.6 is 23.4 Å². The number of thioether (sulfide) groups is 1. The third-order valence-corrected chi connectivity index (χ3v) is 6.85. The molecule has 2 aromatic carbocycles. The summed E-state index contributed by atoms with van der Waals surface area (Å²) in [7, 11) is -3.52. The molecule has 0 saturated carbocycles. The second-order valence-electron chi connectivity index (χ2n) is 6.67. The van der Waals surface area contributed by atoms with E-state index in [4.69, 9.17) is 16.3 Å². The first-order valence-corrected chi connectivity index (χ1v) is 12.6. The van der Waals surface area contributed by atoms with Crippen LogP contribution in [-0.4, -0.2) is 45.5 Å². The molecule has 0 radical (unpaired) electrons. The lowest BCUT2D eigenvalue weighted by Gasteiger charge is -2.21. The zero-order chi connectivity index (χ0) is 20.9. The second-order valence-corrected chi connectivity index (χ2v) is 10.1. The number of sulfonamides is 1. The molecular weight excluding hydrogens is 432 g/mol. The smallest absolute Gasteiger partial charge is 0.261 e. The Morgan fingerprint density at radius 1 is 1.28 bits per heavy atom. The maximum Gasteiger partial charge on any atom is 0.261 e. The number of hydrogen-bond donors (Lipinski definition) is 1. The van der Waals surface area contributed by atoms with Gasteiger partial charge < -0.3 is 10.1 Å². The summed E-state index contributed by atoms with van der Waals surface area (Å²) in [5, 5.41) is 3.29. The number of nitrogens with zero attached hydrogens (tertiary/aromatic N) is 1. The number of halogens is 1. The third-order valence-electron chi connectivity index (χ3n) is 4.40. The van der Waals surface area contributed by atoms with Crippen molar-refractivity contribution in [3.63, 3.8) is 0 Å². The van der Waals surface area contributed by atoms with E-state index in [1.165, 1.54) is 9.87 Å². The summed E-state index contributed by atoms with van der Waals surface area (Å²) in [6.45, 7) is 0.659. The predicted octanol–water partition coefficient (Wildman–Crippen LogP) is 3.31. The van der Waals surface area contributed by atoms with Crippen molar-refractivity contribution in [2.45, 2.75) is 18.3 Å². The van der Waals surface area contributed by atoms with Gasteiger partial charge in [0, 0.05) is 36.0 Å². The standard InChI is InChI=1S/C20H23ClN2O4S2/c1-29(25,26)23-11-9-19(27-18-8-7-16(21)13-17(18)23)20(24)22-10-12-28-14-15-5-3-2-4-6-15/h2-8,13,19H,9-12,14H2,1H3,(H,22,24). The molecule has 1 atom stereocenters. The van der Waals surface area contributed by atoms with Crippen LogP contribution in [0.2, 0.25) is 5.02 Å². The van der Waals surface area contributed by atoms with E-state index in [2.05, 4.69) is 17.4 Å². The first-order valence-electron chi connectivity index (χ1n) is 9.18. The summed E-state index contributed by atoms with van der Waals surface area (Å²) in [6.07, 6.45) is 0.616. The van der Waals surface area contributed by atoms with E-state index in [0.29, 0.717) is 23.0 Å². The Hall–Kier alpha value is -1.90. The maximum atomic E-state index is 12.6. The van der Waals surface area contributed by atoms with Crippen molar-refractivity contribution in [1.29, 1.82) is 0 Å². The number of ether oxygens (including phenoxy) is 1. The van der Waals surface area contributed by atoms with Crippen molar-refractivity contribution < 1.29 is 17.9 Å². The largest absolute Gasteiger partial charge is 0.478 e. The summed E-state index contributed by atoms with van der Waals surface area (Å²) >= 11 is 7.76. The van der Waals surface area contributed by atoms with Gasteiger partial charge in [0.1, 0.15) is 5.75 Å². The van der Waals surface area contributed by atoms with E-state index >= 15 is 0 Å². The fourth-order valence-electron chi connectivity index (χ4n) is 3.01. The Morgan fingerprint density at radius 3 is 2.76 bits per heavy atom. The molecule has 0 fully saturated rings. The van der Waals surface area contributed by atoms with Crippen LogP contribution in [0, 0.1) is 0 Å². The van der Waals surface area contributed by atoms with Crippen molar-refractivity contribution in [2.75, 3.05) is 29.4 Å². The van der Waals surface area contributed by atoms with Crippen LogP contribution in [0.5, 0.6) is 5.75 Å². The molecule has 2 aromatic rings. The molecule has 0 spiro atoms. The number of benzene rings is 2. The Balaban J connectivity index is 1.57. The van der Waals surface area contributed by atoms with Crippen molar-refractivity contribution in [3.8, 4) is 5.75 Å². The average Bonchev–Trinajstić information content (AvgIpc) is 2.87. The Labute approximate surface area is 180 Å². The average molecular weight is 455 g/mol. The number of nitrogens with one attached hydrogen (secondary N) is 1. The van der Waals surface area contributed by atoms with Crippen LogP contribution in [0.4, 0.5) is 5.69 Å². The molecule has 1 heterocycles. The fraction of sp³-hybridized carbons (Fsp3) is 0.350. The van der Waals surface area contributed by atoms with Crippen LogP contribution in [0.15, 0.2) is 48.5 Å². The Morgan fingerprint density at radius 2 is 2.03 bits per heavy atom. The maximum absolute atomic E-state index is 12.6. The molecule has 1 unspecified atom stereocenters. The summed E-state index contributed by atoms with van der Waals surface area (Å²) in [4.78, 5) is 12.6. The van der Waals surface area contributed by atoms with Crippen molar-refractivity contribution in [1.82, 2.24) is 5.32 Å². The SMILES string of the molecule is CS(=O)(=O)N1CCC(C(=O)NCCSCc2ccccc2)Oc2ccc(Cl)cc21. The molecule has 1 N–H and O–H groups in total. The van der Waals surface area contributed by atoms with Gasteiger partial charge in [0.25, 0.3) is 5.91 Å². The van der Waals surface area contributed by atoms with Crippen LogP contribution in [0.25, 0.3) is 0 Å². The van der Waals surface area contributed by atoms with Gasteiger partial charge in [0.15, 0.2) is 6.10 Å². The van der Waals surface area contributed by atoms with Crippen molar-refractivity contribution >= 4 is 45.0 Å². The van der Waals surface area contributed by atoms with E-state index < -0.39 is 16.1 Å². The van der Waals surface area contributed by atoms with Gasteiger partial charge in [-0.3, -0.25) is 9.10 Å². The number of fused-ring (bicyclic) bond motifs is 1. The second kappa shape index (κ2) is 9.73. The number of carbonyl (C=O) groups is 1. The van der Waals surface area contributed by atoms with E-state index in [-0.39, 0.29) is 18.9 Å². The van der Waals surface area contributed by atoms with Crippen LogP contribution in [0.1, 0.15) is 12.0 Å². The van der Waals surface area contributed by atoms with Gasteiger partial charge in [-0.1, -0.05) is 41.9 Å². The normalized spacial score (nSPS) is 16.5. The zero-order valence-corrected chi connectivity index (χ0v) is 18.4. The summed E-state index contributed by atoms with van der Waals surface area (Å²) in [5.41, 5.74) is 1.60. The Bertz CT molecular complexity index is 954. The van der Waals surface area contributed by atoms with Gasteiger partial charge in [0.2, 0.25) is 10.0 Å². The topological polar surface area (TPSA) is 75.7 Å². The minimum absolute atomic E-state index is 0.146. The van der Waals surface area contributed by atoms with Gasteiger partial charge in [-0.25, -0.2) is 8.42 Å².